The summed E-state index contributed by atoms with van der Waals surface area (Å²) in [5.41, 5.74) is 1.27. The summed E-state index contributed by atoms with van der Waals surface area (Å²) in [6, 6.07) is 9.55. The molecule has 0 atom stereocenters. The largest absolute Gasteiger partial charge is 0.348 e. The Hall–Kier alpha value is -3.04. The molecule has 1 N–H and O–H groups in total. The molecule has 2 aromatic heterocycles. The number of hydrogen-bond donors (Lipinski definition) is 1. The first-order valence-corrected chi connectivity index (χ1v) is 9.99. The number of carbonyl (C=O) groups excluding carboxylic acids is 1. The molecule has 3 aromatic rings. The number of pyridine rings is 1. The number of nitrogens with zero attached hydrogens (tertiary/aromatic N) is 4. The number of rotatable bonds is 6. The number of benzene rings is 1. The van der Waals surface area contributed by atoms with Crippen molar-refractivity contribution in [1.29, 1.82) is 0 Å². The monoisotopic (exact) mass is 399 g/mol. The minimum atomic E-state index is -3.52. The summed E-state index contributed by atoms with van der Waals surface area (Å²) in [5, 5.41) is 2.83. The van der Waals surface area contributed by atoms with Crippen LogP contribution in [0.2, 0.25) is 0 Å². The van der Waals surface area contributed by atoms with E-state index in [2.05, 4.69) is 15.3 Å². The van der Waals surface area contributed by atoms with Crippen molar-refractivity contribution in [2.45, 2.75) is 18.4 Å². The van der Waals surface area contributed by atoms with Gasteiger partial charge in [0.2, 0.25) is 10.0 Å². The summed E-state index contributed by atoms with van der Waals surface area (Å²) in [5.74, 6) is 1.26. The molecule has 9 heteroatoms. The van der Waals surface area contributed by atoms with Crippen molar-refractivity contribution in [1.82, 2.24) is 24.2 Å². The van der Waals surface area contributed by atoms with Crippen molar-refractivity contribution in [2.24, 2.45) is 0 Å². The molecule has 0 saturated carbocycles. The smallest absolute Gasteiger partial charge is 0.251 e. The van der Waals surface area contributed by atoms with Crippen molar-refractivity contribution < 1.29 is 13.2 Å². The molecule has 3 rings (SSSR count). The Balaban J connectivity index is 1.69. The number of sulfonamides is 1. The lowest BCUT2D eigenvalue weighted by atomic mass is 10.2. The Morgan fingerprint density at radius 3 is 2.43 bits per heavy atom. The van der Waals surface area contributed by atoms with Crippen LogP contribution in [0, 0.1) is 6.92 Å². The lowest BCUT2D eigenvalue weighted by Gasteiger charge is -2.12. The number of nitrogens with one attached hydrogen (secondary N) is 1. The van der Waals surface area contributed by atoms with Gasteiger partial charge in [0.25, 0.3) is 5.91 Å². The standard InChI is InChI=1S/C19H21N5O3S/c1-14-20-10-11-24(14)18-12-15(8-9-21-18)13-22-19(25)16-4-6-17(7-5-16)28(26,27)23(2)3/h4-12H,13H2,1-3H3,(H,22,25). The number of hydrogen-bond acceptors (Lipinski definition) is 5. The van der Waals surface area contributed by atoms with Gasteiger partial charge in [0.1, 0.15) is 11.6 Å². The lowest BCUT2D eigenvalue weighted by molar-refractivity contribution is 0.0951. The van der Waals surface area contributed by atoms with Gasteiger partial charge >= 0.3 is 0 Å². The first-order chi connectivity index (χ1) is 13.3. The second kappa shape index (κ2) is 7.91. The Kier molecular flexibility index (Phi) is 5.57. The SMILES string of the molecule is Cc1nccn1-c1cc(CNC(=O)c2ccc(S(=O)(=O)N(C)C)cc2)ccn1. The average Bonchev–Trinajstić information content (AvgIpc) is 3.12. The number of carbonyl (C=O) groups is 1. The number of aromatic nitrogens is 3. The minimum Gasteiger partial charge on any atom is -0.348 e. The fourth-order valence-corrected chi connectivity index (χ4v) is 3.50. The van der Waals surface area contributed by atoms with Crippen molar-refractivity contribution in [3.8, 4) is 5.82 Å². The topological polar surface area (TPSA) is 97.2 Å². The van der Waals surface area contributed by atoms with E-state index in [0.29, 0.717) is 12.1 Å². The van der Waals surface area contributed by atoms with E-state index in [1.165, 1.54) is 38.4 Å². The van der Waals surface area contributed by atoms with Gasteiger partial charge < -0.3 is 5.32 Å². The normalized spacial score (nSPS) is 11.6. The highest BCUT2D eigenvalue weighted by Gasteiger charge is 2.17. The molecule has 0 spiro atoms. The van der Waals surface area contributed by atoms with E-state index in [1.807, 2.05) is 29.8 Å². The Labute approximate surface area is 163 Å². The van der Waals surface area contributed by atoms with Gasteiger partial charge in [-0.1, -0.05) is 0 Å². The second-order valence-electron chi connectivity index (χ2n) is 6.36. The maximum atomic E-state index is 12.4. The predicted molar refractivity (Wildman–Crippen MR) is 105 cm³/mol. The van der Waals surface area contributed by atoms with Gasteiger partial charge in [-0.25, -0.2) is 22.7 Å². The van der Waals surface area contributed by atoms with Crippen LogP contribution in [-0.4, -0.2) is 47.3 Å². The molecule has 0 aliphatic carbocycles. The molecule has 0 aliphatic rings. The lowest BCUT2D eigenvalue weighted by Crippen LogP contribution is -2.24. The third-order valence-electron chi connectivity index (χ3n) is 4.23. The highest BCUT2D eigenvalue weighted by Crippen LogP contribution is 2.14. The molecule has 0 radical (unpaired) electrons. The molecule has 0 fully saturated rings. The van der Waals surface area contributed by atoms with Gasteiger partial charge in [-0.05, 0) is 48.9 Å². The maximum absolute atomic E-state index is 12.4. The molecule has 2 heterocycles. The summed E-state index contributed by atoms with van der Waals surface area (Å²) in [7, 11) is -0.592. The Bertz CT molecular complexity index is 1090. The molecule has 1 amide bonds. The van der Waals surface area contributed by atoms with Crippen LogP contribution in [0.25, 0.3) is 5.82 Å². The van der Waals surface area contributed by atoms with Crippen LogP contribution in [0.1, 0.15) is 21.7 Å². The summed E-state index contributed by atoms with van der Waals surface area (Å²) in [4.78, 5) is 21.0. The highest BCUT2D eigenvalue weighted by molar-refractivity contribution is 7.89. The van der Waals surface area contributed by atoms with Gasteiger partial charge in [0.05, 0.1) is 4.90 Å². The van der Waals surface area contributed by atoms with Gasteiger partial charge in [0.15, 0.2) is 0 Å². The Morgan fingerprint density at radius 1 is 1.11 bits per heavy atom. The Morgan fingerprint density at radius 2 is 1.82 bits per heavy atom. The van der Waals surface area contributed by atoms with E-state index >= 15 is 0 Å². The van der Waals surface area contributed by atoms with Gasteiger partial charge in [-0.15, -0.1) is 0 Å². The van der Waals surface area contributed by atoms with Crippen LogP contribution in [0.5, 0.6) is 0 Å². The molecular formula is C19H21N5O3S. The van der Waals surface area contributed by atoms with Crippen LogP contribution in [0.4, 0.5) is 0 Å². The predicted octanol–water partition coefficient (Wildman–Crippen LogP) is 1.76. The van der Waals surface area contributed by atoms with E-state index in [0.717, 1.165) is 21.5 Å². The van der Waals surface area contributed by atoms with Crippen molar-refractivity contribution >= 4 is 15.9 Å². The van der Waals surface area contributed by atoms with Crippen LogP contribution in [0.3, 0.4) is 0 Å². The number of aryl methyl sites for hydroxylation is 1. The fourth-order valence-electron chi connectivity index (χ4n) is 2.60. The van der Waals surface area contributed by atoms with Crippen LogP contribution in [0.15, 0.2) is 59.9 Å². The molecule has 146 valence electrons. The molecular weight excluding hydrogens is 378 g/mol. The molecule has 0 saturated heterocycles. The van der Waals surface area contributed by atoms with Gasteiger partial charge in [0, 0.05) is 44.8 Å². The molecule has 0 aliphatic heterocycles. The fraction of sp³-hybridized carbons (Fsp3) is 0.211. The first-order valence-electron chi connectivity index (χ1n) is 8.55. The van der Waals surface area contributed by atoms with Crippen LogP contribution in [-0.2, 0) is 16.6 Å². The average molecular weight is 399 g/mol. The van der Waals surface area contributed by atoms with Crippen LogP contribution >= 0.6 is 0 Å². The highest BCUT2D eigenvalue weighted by atomic mass is 32.2. The van der Waals surface area contributed by atoms with Crippen LogP contribution < -0.4 is 5.32 Å². The maximum Gasteiger partial charge on any atom is 0.251 e. The summed E-state index contributed by atoms with van der Waals surface area (Å²) >= 11 is 0. The van der Waals surface area contributed by atoms with E-state index in [1.54, 1.807) is 12.4 Å². The van der Waals surface area contributed by atoms with E-state index in [-0.39, 0.29) is 10.8 Å². The second-order valence-corrected chi connectivity index (χ2v) is 8.51. The first kappa shape index (κ1) is 19.7. The summed E-state index contributed by atoms with van der Waals surface area (Å²) in [6.45, 7) is 2.20. The summed E-state index contributed by atoms with van der Waals surface area (Å²) in [6.07, 6.45) is 5.20. The zero-order valence-electron chi connectivity index (χ0n) is 15.8. The molecule has 28 heavy (non-hydrogen) atoms. The molecule has 0 unspecified atom stereocenters. The third kappa shape index (κ3) is 4.10. The van der Waals surface area contributed by atoms with Crippen molar-refractivity contribution in [2.75, 3.05) is 14.1 Å². The number of amides is 1. The minimum absolute atomic E-state index is 0.142. The third-order valence-corrected chi connectivity index (χ3v) is 6.06. The van der Waals surface area contributed by atoms with Crippen molar-refractivity contribution in [3.05, 3.63) is 71.9 Å². The van der Waals surface area contributed by atoms with Crippen molar-refractivity contribution in [3.63, 3.8) is 0 Å². The molecule has 8 nitrogen and oxygen atoms in total. The quantitative estimate of drug-likeness (QED) is 0.681. The van der Waals surface area contributed by atoms with Gasteiger partial charge in [-0.3, -0.25) is 9.36 Å². The van der Waals surface area contributed by atoms with Gasteiger partial charge in [-0.2, -0.15) is 0 Å². The zero-order chi connectivity index (χ0) is 20.3. The van der Waals surface area contributed by atoms with E-state index in [9.17, 15) is 13.2 Å². The summed E-state index contributed by atoms with van der Waals surface area (Å²) < 4.78 is 27.2. The molecule has 1 aromatic carbocycles. The molecule has 0 bridgehead atoms. The number of imidazole rings is 1. The van der Waals surface area contributed by atoms with E-state index < -0.39 is 10.0 Å². The van der Waals surface area contributed by atoms with E-state index in [4.69, 9.17) is 0 Å². The zero-order valence-corrected chi connectivity index (χ0v) is 16.6.